The Morgan fingerprint density at radius 3 is 3.06 bits per heavy atom. The Kier molecular flexibility index (Phi) is 2.93. The van der Waals surface area contributed by atoms with E-state index in [1.165, 1.54) is 0 Å². The van der Waals surface area contributed by atoms with Crippen LogP contribution in [0.25, 0.3) is 5.65 Å². The van der Waals surface area contributed by atoms with Crippen molar-refractivity contribution in [2.45, 2.75) is 13.0 Å². The molecule has 0 radical (unpaired) electrons. The molecule has 3 heterocycles. The van der Waals surface area contributed by atoms with Crippen molar-refractivity contribution in [2.24, 2.45) is 11.7 Å². The lowest BCUT2D eigenvalue weighted by Gasteiger charge is -2.16. The zero-order valence-corrected chi connectivity index (χ0v) is 10.3. The summed E-state index contributed by atoms with van der Waals surface area (Å²) in [7, 11) is 0. The van der Waals surface area contributed by atoms with Crippen molar-refractivity contribution >= 4 is 11.5 Å². The quantitative estimate of drug-likeness (QED) is 0.833. The molecule has 0 bridgehead atoms. The van der Waals surface area contributed by atoms with E-state index in [9.17, 15) is 5.11 Å². The van der Waals surface area contributed by atoms with Crippen LogP contribution >= 0.6 is 0 Å². The molecular formula is C13H18N4O. The Morgan fingerprint density at radius 1 is 1.44 bits per heavy atom. The minimum Gasteiger partial charge on any atom is -0.396 e. The number of hydrogen-bond acceptors (Lipinski definition) is 4. The highest BCUT2D eigenvalue weighted by atomic mass is 16.3. The van der Waals surface area contributed by atoms with Gasteiger partial charge in [0.25, 0.3) is 0 Å². The summed E-state index contributed by atoms with van der Waals surface area (Å²) < 4.78 is 2.04. The Hall–Kier alpha value is -1.59. The average Bonchev–Trinajstić information content (AvgIpc) is 3.02. The maximum Gasteiger partial charge on any atom is 0.152 e. The zero-order valence-electron chi connectivity index (χ0n) is 10.3. The first-order valence-corrected chi connectivity index (χ1v) is 6.35. The lowest BCUT2D eigenvalue weighted by Crippen LogP contribution is -2.23. The maximum absolute atomic E-state index is 9.22. The summed E-state index contributed by atoms with van der Waals surface area (Å²) in [5, 5.41) is 9.22. The Balaban J connectivity index is 2.01. The third-order valence-electron chi connectivity index (χ3n) is 3.64. The lowest BCUT2D eigenvalue weighted by atomic mass is 10.1. The van der Waals surface area contributed by atoms with Crippen LogP contribution in [0.15, 0.2) is 24.4 Å². The van der Waals surface area contributed by atoms with E-state index in [2.05, 4.69) is 9.88 Å². The van der Waals surface area contributed by atoms with E-state index < -0.39 is 0 Å². The predicted octanol–water partition coefficient (Wildman–Crippen LogP) is 0.612. The van der Waals surface area contributed by atoms with Gasteiger partial charge in [-0.1, -0.05) is 6.07 Å². The lowest BCUT2D eigenvalue weighted by molar-refractivity contribution is 0.238. The van der Waals surface area contributed by atoms with Crippen LogP contribution in [0, 0.1) is 5.92 Å². The van der Waals surface area contributed by atoms with Crippen molar-refractivity contribution in [3.63, 3.8) is 0 Å². The third-order valence-corrected chi connectivity index (χ3v) is 3.64. The van der Waals surface area contributed by atoms with Gasteiger partial charge in [0.15, 0.2) is 5.82 Å². The number of imidazole rings is 1. The number of aromatic nitrogens is 2. The number of rotatable bonds is 3. The third kappa shape index (κ3) is 1.76. The molecule has 2 aromatic rings. The highest BCUT2D eigenvalue weighted by Gasteiger charge is 2.26. The molecule has 1 aliphatic rings. The molecule has 1 saturated heterocycles. The van der Waals surface area contributed by atoms with Crippen molar-refractivity contribution in [3.8, 4) is 0 Å². The van der Waals surface area contributed by atoms with Gasteiger partial charge in [0.05, 0.1) is 5.69 Å². The molecule has 1 fully saturated rings. The fourth-order valence-corrected chi connectivity index (χ4v) is 2.65. The number of pyridine rings is 1. The van der Waals surface area contributed by atoms with Crippen LogP contribution in [0.5, 0.6) is 0 Å². The van der Waals surface area contributed by atoms with Gasteiger partial charge in [-0.15, -0.1) is 0 Å². The molecular weight excluding hydrogens is 228 g/mol. The van der Waals surface area contributed by atoms with E-state index in [0.29, 0.717) is 12.5 Å². The van der Waals surface area contributed by atoms with Crippen molar-refractivity contribution in [3.05, 3.63) is 30.1 Å². The fourth-order valence-electron chi connectivity index (χ4n) is 2.65. The summed E-state index contributed by atoms with van der Waals surface area (Å²) in [6, 6.07) is 5.95. The Bertz CT molecular complexity index is 551. The second-order valence-electron chi connectivity index (χ2n) is 4.80. The number of nitrogens with two attached hydrogens (primary N) is 1. The van der Waals surface area contributed by atoms with Crippen LogP contribution in [0.1, 0.15) is 12.1 Å². The molecule has 0 saturated carbocycles. The summed E-state index contributed by atoms with van der Waals surface area (Å²) in [5.74, 6) is 1.33. The van der Waals surface area contributed by atoms with Crippen LogP contribution in [-0.2, 0) is 6.54 Å². The molecule has 5 heteroatoms. The van der Waals surface area contributed by atoms with Crippen LogP contribution in [0.2, 0.25) is 0 Å². The molecule has 0 aliphatic carbocycles. The summed E-state index contributed by atoms with van der Waals surface area (Å²) >= 11 is 0. The summed E-state index contributed by atoms with van der Waals surface area (Å²) in [6.45, 7) is 2.54. The minimum absolute atomic E-state index is 0.252. The minimum atomic E-state index is 0.252. The normalized spacial score (nSPS) is 19.9. The average molecular weight is 246 g/mol. The fraction of sp³-hybridized carbons (Fsp3) is 0.462. The largest absolute Gasteiger partial charge is 0.396 e. The van der Waals surface area contributed by atoms with Gasteiger partial charge < -0.3 is 20.1 Å². The second kappa shape index (κ2) is 4.59. The van der Waals surface area contributed by atoms with E-state index in [0.717, 1.165) is 36.7 Å². The van der Waals surface area contributed by atoms with Crippen molar-refractivity contribution < 1.29 is 5.11 Å². The molecule has 1 aliphatic heterocycles. The highest BCUT2D eigenvalue weighted by molar-refractivity contribution is 5.56. The number of aliphatic hydroxyl groups is 1. The van der Waals surface area contributed by atoms with Gasteiger partial charge in [-0.05, 0) is 18.6 Å². The molecule has 0 amide bonds. The molecule has 3 rings (SSSR count). The smallest absolute Gasteiger partial charge is 0.152 e. The van der Waals surface area contributed by atoms with Crippen LogP contribution in [0.4, 0.5) is 5.82 Å². The van der Waals surface area contributed by atoms with Gasteiger partial charge in [-0.2, -0.15) is 0 Å². The first kappa shape index (κ1) is 11.5. The van der Waals surface area contributed by atoms with E-state index in [1.807, 2.05) is 28.8 Å². The van der Waals surface area contributed by atoms with Crippen LogP contribution in [-0.4, -0.2) is 34.2 Å². The summed E-state index contributed by atoms with van der Waals surface area (Å²) in [5.41, 5.74) is 7.84. The van der Waals surface area contributed by atoms with E-state index >= 15 is 0 Å². The number of anilines is 1. The van der Waals surface area contributed by atoms with Gasteiger partial charge in [-0.3, -0.25) is 0 Å². The van der Waals surface area contributed by atoms with Crippen molar-refractivity contribution in [2.75, 3.05) is 24.6 Å². The van der Waals surface area contributed by atoms with Crippen LogP contribution < -0.4 is 10.6 Å². The van der Waals surface area contributed by atoms with Gasteiger partial charge in [0, 0.05) is 38.4 Å². The maximum atomic E-state index is 9.22. The van der Waals surface area contributed by atoms with E-state index in [4.69, 9.17) is 5.73 Å². The van der Waals surface area contributed by atoms with Gasteiger partial charge >= 0.3 is 0 Å². The number of hydrogen-bond donors (Lipinski definition) is 2. The molecule has 5 nitrogen and oxygen atoms in total. The number of fused-ring (bicyclic) bond motifs is 1. The van der Waals surface area contributed by atoms with Crippen molar-refractivity contribution in [1.82, 2.24) is 9.38 Å². The molecule has 18 heavy (non-hydrogen) atoms. The van der Waals surface area contributed by atoms with Gasteiger partial charge in [0.2, 0.25) is 0 Å². The Morgan fingerprint density at radius 2 is 2.33 bits per heavy atom. The SMILES string of the molecule is NCc1c(N2CCC(CO)C2)nc2ccccn12. The number of aliphatic hydroxyl groups excluding tert-OH is 1. The molecule has 1 atom stereocenters. The standard InChI is InChI=1S/C13H18N4O/c14-7-11-13(16-6-4-10(8-16)9-18)15-12-3-1-2-5-17(11)12/h1-3,5,10,18H,4,6-9,14H2. The molecule has 96 valence electrons. The van der Waals surface area contributed by atoms with E-state index in [-0.39, 0.29) is 6.61 Å². The highest BCUT2D eigenvalue weighted by Crippen LogP contribution is 2.27. The predicted molar refractivity (Wildman–Crippen MR) is 70.5 cm³/mol. The Labute approximate surface area is 106 Å². The van der Waals surface area contributed by atoms with Crippen LogP contribution in [0.3, 0.4) is 0 Å². The molecule has 0 aromatic carbocycles. The number of nitrogens with zero attached hydrogens (tertiary/aromatic N) is 3. The summed E-state index contributed by atoms with van der Waals surface area (Å²) in [6.07, 6.45) is 3.02. The molecule has 3 N–H and O–H groups in total. The second-order valence-corrected chi connectivity index (χ2v) is 4.80. The summed E-state index contributed by atoms with van der Waals surface area (Å²) in [4.78, 5) is 6.89. The van der Waals surface area contributed by atoms with Gasteiger partial charge in [-0.25, -0.2) is 4.98 Å². The zero-order chi connectivity index (χ0) is 12.5. The van der Waals surface area contributed by atoms with E-state index in [1.54, 1.807) is 0 Å². The monoisotopic (exact) mass is 246 g/mol. The molecule has 0 spiro atoms. The van der Waals surface area contributed by atoms with Gasteiger partial charge in [0.1, 0.15) is 5.65 Å². The molecule has 1 unspecified atom stereocenters. The first-order chi connectivity index (χ1) is 8.83. The van der Waals surface area contributed by atoms with Crippen molar-refractivity contribution in [1.29, 1.82) is 0 Å². The first-order valence-electron chi connectivity index (χ1n) is 6.35. The molecule has 2 aromatic heterocycles. The topological polar surface area (TPSA) is 66.8 Å².